The van der Waals surface area contributed by atoms with E-state index < -0.39 is 11.8 Å². The normalized spacial score (nSPS) is 10.9. The number of thioether (sulfide) groups is 1. The number of carboxylic acid groups (broad SMARTS) is 1. The molecule has 1 aromatic heterocycles. The van der Waals surface area contributed by atoms with Crippen molar-refractivity contribution in [2.24, 2.45) is 0 Å². The van der Waals surface area contributed by atoms with E-state index >= 15 is 0 Å². The highest BCUT2D eigenvalue weighted by Gasteiger charge is 2.09. The summed E-state index contributed by atoms with van der Waals surface area (Å²) in [6, 6.07) is 11.7. The van der Waals surface area contributed by atoms with Crippen LogP contribution < -0.4 is 0 Å². The summed E-state index contributed by atoms with van der Waals surface area (Å²) in [5.41, 5.74) is 1.54. The Bertz CT molecular complexity index is 783. The zero-order valence-corrected chi connectivity index (χ0v) is 12.4. The van der Waals surface area contributed by atoms with Crippen LogP contribution in [-0.4, -0.2) is 16.1 Å². The highest BCUT2D eigenvalue weighted by molar-refractivity contribution is 8.00. The molecule has 1 heterocycles. The summed E-state index contributed by atoms with van der Waals surface area (Å²) in [4.78, 5) is 15.4. The molecule has 0 aliphatic heterocycles. The standard InChI is InChI=1S/C15H10FNO2S2/c16-11-6-9(5-10(7-11)14(18)19)8-20-15-17-12-3-1-2-4-13(12)21-15/h1-7H,8H2,(H,18,19). The van der Waals surface area contributed by atoms with Gasteiger partial charge in [0.05, 0.1) is 15.8 Å². The first-order chi connectivity index (χ1) is 10.1. The molecule has 0 saturated heterocycles. The van der Waals surface area contributed by atoms with Crippen molar-refractivity contribution in [2.45, 2.75) is 10.1 Å². The number of aromatic carboxylic acids is 1. The van der Waals surface area contributed by atoms with Crippen LogP contribution in [0.5, 0.6) is 0 Å². The van der Waals surface area contributed by atoms with Gasteiger partial charge in [0.1, 0.15) is 5.82 Å². The number of hydrogen-bond acceptors (Lipinski definition) is 4. The number of carbonyl (C=O) groups is 1. The maximum atomic E-state index is 13.4. The molecule has 0 spiro atoms. The van der Waals surface area contributed by atoms with Crippen LogP contribution in [0.15, 0.2) is 46.8 Å². The number of para-hydroxylation sites is 1. The third kappa shape index (κ3) is 3.22. The Labute approximate surface area is 128 Å². The number of benzene rings is 2. The van der Waals surface area contributed by atoms with Crippen molar-refractivity contribution >= 4 is 39.3 Å². The van der Waals surface area contributed by atoms with E-state index in [-0.39, 0.29) is 5.56 Å². The summed E-state index contributed by atoms with van der Waals surface area (Å²) in [5.74, 6) is -1.17. The second-order valence-electron chi connectivity index (χ2n) is 4.39. The Balaban J connectivity index is 1.79. The molecule has 0 fully saturated rings. The number of thiazole rings is 1. The Morgan fingerprint density at radius 2 is 2.10 bits per heavy atom. The maximum Gasteiger partial charge on any atom is 0.335 e. The van der Waals surface area contributed by atoms with E-state index in [9.17, 15) is 9.18 Å². The van der Waals surface area contributed by atoms with Gasteiger partial charge in [0, 0.05) is 5.75 Å². The second kappa shape index (κ2) is 5.83. The maximum absolute atomic E-state index is 13.4. The van der Waals surface area contributed by atoms with E-state index in [0.29, 0.717) is 11.3 Å². The summed E-state index contributed by atoms with van der Waals surface area (Å²) >= 11 is 3.05. The highest BCUT2D eigenvalue weighted by atomic mass is 32.2. The van der Waals surface area contributed by atoms with Crippen molar-refractivity contribution in [3.63, 3.8) is 0 Å². The first kappa shape index (κ1) is 14.0. The lowest BCUT2D eigenvalue weighted by atomic mass is 10.1. The Kier molecular flexibility index (Phi) is 3.90. The van der Waals surface area contributed by atoms with Gasteiger partial charge in [-0.3, -0.25) is 0 Å². The summed E-state index contributed by atoms with van der Waals surface area (Å²) in [5, 5.41) is 8.93. The van der Waals surface area contributed by atoms with Gasteiger partial charge in [0.15, 0.2) is 4.34 Å². The molecule has 0 saturated carbocycles. The molecule has 21 heavy (non-hydrogen) atoms. The molecule has 3 nitrogen and oxygen atoms in total. The van der Waals surface area contributed by atoms with Gasteiger partial charge in [0.2, 0.25) is 0 Å². The molecule has 0 bridgehead atoms. The average molecular weight is 319 g/mol. The van der Waals surface area contributed by atoms with Crippen LogP contribution in [0.25, 0.3) is 10.2 Å². The van der Waals surface area contributed by atoms with Crippen LogP contribution in [0.4, 0.5) is 4.39 Å². The largest absolute Gasteiger partial charge is 0.478 e. The van der Waals surface area contributed by atoms with Crippen LogP contribution >= 0.6 is 23.1 Å². The molecule has 0 atom stereocenters. The minimum absolute atomic E-state index is 0.0325. The fourth-order valence-electron chi connectivity index (χ4n) is 1.92. The van der Waals surface area contributed by atoms with Crippen molar-refractivity contribution < 1.29 is 14.3 Å². The summed E-state index contributed by atoms with van der Waals surface area (Å²) < 4.78 is 15.4. The number of nitrogens with zero attached hydrogens (tertiary/aromatic N) is 1. The molecule has 0 aliphatic carbocycles. The number of carboxylic acids is 1. The lowest BCUT2D eigenvalue weighted by Crippen LogP contribution is -1.98. The number of hydrogen-bond donors (Lipinski definition) is 1. The minimum atomic E-state index is -1.12. The summed E-state index contributed by atoms with van der Waals surface area (Å²) in [6.07, 6.45) is 0. The molecular weight excluding hydrogens is 309 g/mol. The van der Waals surface area contributed by atoms with Crippen LogP contribution in [0, 0.1) is 5.82 Å². The quantitative estimate of drug-likeness (QED) is 0.723. The van der Waals surface area contributed by atoms with E-state index in [1.165, 1.54) is 23.9 Å². The lowest BCUT2D eigenvalue weighted by molar-refractivity contribution is 0.0696. The number of aromatic nitrogens is 1. The minimum Gasteiger partial charge on any atom is -0.478 e. The van der Waals surface area contributed by atoms with Crippen LogP contribution in [0.1, 0.15) is 15.9 Å². The van der Waals surface area contributed by atoms with Gasteiger partial charge in [-0.15, -0.1) is 11.3 Å². The lowest BCUT2D eigenvalue weighted by Gasteiger charge is -2.02. The number of rotatable bonds is 4. The van der Waals surface area contributed by atoms with Gasteiger partial charge >= 0.3 is 5.97 Å². The average Bonchev–Trinajstić information content (AvgIpc) is 2.87. The predicted octanol–water partition coefficient (Wildman–Crippen LogP) is 4.43. The molecule has 0 aliphatic rings. The van der Waals surface area contributed by atoms with Crippen molar-refractivity contribution in [1.82, 2.24) is 4.98 Å². The third-order valence-corrected chi connectivity index (χ3v) is 5.09. The Morgan fingerprint density at radius 3 is 2.86 bits per heavy atom. The molecule has 3 rings (SSSR count). The van der Waals surface area contributed by atoms with Crippen LogP contribution in [0.3, 0.4) is 0 Å². The SMILES string of the molecule is O=C(O)c1cc(F)cc(CSc2nc3ccccc3s2)c1. The van der Waals surface area contributed by atoms with Crippen molar-refractivity contribution in [1.29, 1.82) is 0 Å². The van der Waals surface area contributed by atoms with Gasteiger partial charge in [0.25, 0.3) is 0 Å². The highest BCUT2D eigenvalue weighted by Crippen LogP contribution is 2.31. The van der Waals surface area contributed by atoms with Crippen molar-refractivity contribution in [2.75, 3.05) is 0 Å². The second-order valence-corrected chi connectivity index (χ2v) is 6.64. The molecule has 0 radical (unpaired) electrons. The number of halogens is 1. The third-order valence-electron chi connectivity index (χ3n) is 2.84. The van der Waals surface area contributed by atoms with Crippen molar-refractivity contribution in [3.8, 4) is 0 Å². The zero-order chi connectivity index (χ0) is 14.8. The molecule has 2 aromatic carbocycles. The summed E-state index contributed by atoms with van der Waals surface area (Å²) in [6.45, 7) is 0. The Morgan fingerprint density at radius 1 is 1.29 bits per heavy atom. The first-order valence-electron chi connectivity index (χ1n) is 6.13. The molecule has 0 unspecified atom stereocenters. The Hall–Kier alpha value is -1.92. The topological polar surface area (TPSA) is 50.2 Å². The fourth-order valence-corrected chi connectivity index (χ4v) is 3.91. The predicted molar refractivity (Wildman–Crippen MR) is 82.5 cm³/mol. The molecular formula is C15H10FNO2S2. The van der Waals surface area contributed by atoms with E-state index in [0.717, 1.165) is 20.6 Å². The van der Waals surface area contributed by atoms with Gasteiger partial charge in [-0.05, 0) is 35.9 Å². The van der Waals surface area contributed by atoms with Gasteiger partial charge in [-0.1, -0.05) is 23.9 Å². The first-order valence-corrected chi connectivity index (χ1v) is 7.93. The van der Waals surface area contributed by atoms with Gasteiger partial charge in [-0.2, -0.15) is 0 Å². The van der Waals surface area contributed by atoms with E-state index in [1.807, 2.05) is 24.3 Å². The summed E-state index contributed by atoms with van der Waals surface area (Å²) in [7, 11) is 0. The van der Waals surface area contributed by atoms with Crippen molar-refractivity contribution in [3.05, 3.63) is 59.4 Å². The van der Waals surface area contributed by atoms with E-state index in [2.05, 4.69) is 4.98 Å². The van der Waals surface area contributed by atoms with E-state index in [4.69, 9.17) is 5.11 Å². The zero-order valence-electron chi connectivity index (χ0n) is 10.7. The van der Waals surface area contributed by atoms with Gasteiger partial charge in [-0.25, -0.2) is 14.2 Å². The van der Waals surface area contributed by atoms with Gasteiger partial charge < -0.3 is 5.11 Å². The smallest absolute Gasteiger partial charge is 0.335 e. The van der Waals surface area contributed by atoms with Crippen LogP contribution in [0.2, 0.25) is 0 Å². The molecule has 3 aromatic rings. The van der Waals surface area contributed by atoms with Crippen LogP contribution in [-0.2, 0) is 5.75 Å². The molecule has 1 N–H and O–H groups in total. The monoisotopic (exact) mass is 319 g/mol. The number of fused-ring (bicyclic) bond motifs is 1. The molecule has 106 valence electrons. The molecule has 6 heteroatoms. The molecule has 0 amide bonds. The van der Waals surface area contributed by atoms with E-state index in [1.54, 1.807) is 11.3 Å². The fraction of sp³-hybridized carbons (Fsp3) is 0.0667.